The van der Waals surface area contributed by atoms with E-state index in [-0.39, 0.29) is 5.91 Å². The number of hydrogen-bond donors (Lipinski definition) is 1. The minimum atomic E-state index is 0.0139. The van der Waals surface area contributed by atoms with Crippen LogP contribution in [0.4, 0.5) is 0 Å². The molecular formula is C20H25BrN2O3. The highest BCUT2D eigenvalue weighted by Gasteiger charge is 2.09. The average molecular weight is 421 g/mol. The fourth-order valence-electron chi connectivity index (χ4n) is 2.66. The van der Waals surface area contributed by atoms with Gasteiger partial charge in [0.1, 0.15) is 0 Å². The number of ether oxygens (including phenoxy) is 2. The number of rotatable bonds is 9. The van der Waals surface area contributed by atoms with Crippen molar-refractivity contribution in [1.82, 2.24) is 10.2 Å². The first-order valence-electron chi connectivity index (χ1n) is 8.43. The quantitative estimate of drug-likeness (QED) is 0.676. The standard InChI is InChI=1S/C20H25BrN2O3/c1-23(13-16-6-4-5-7-17(16)21)14-20(24)22-11-10-15-8-9-18(25-2)19(12-15)26-3/h4-9,12H,10-11,13-14H2,1-3H3,(H,22,24). The number of carbonyl (C=O) groups is 1. The molecule has 0 aliphatic heterocycles. The van der Waals surface area contributed by atoms with E-state index < -0.39 is 0 Å². The second kappa shape index (κ2) is 10.2. The number of halogens is 1. The molecule has 0 aliphatic rings. The van der Waals surface area contributed by atoms with Gasteiger partial charge in [0.15, 0.2) is 11.5 Å². The SMILES string of the molecule is COc1ccc(CCNC(=O)CN(C)Cc2ccccc2Br)cc1OC. The first kappa shape index (κ1) is 20.3. The molecule has 0 saturated heterocycles. The third-order valence-corrected chi connectivity index (χ3v) is 4.77. The molecule has 1 amide bonds. The van der Waals surface area contributed by atoms with Crippen LogP contribution in [0.15, 0.2) is 46.9 Å². The van der Waals surface area contributed by atoms with Gasteiger partial charge < -0.3 is 14.8 Å². The molecule has 0 radical (unpaired) electrons. The fraction of sp³-hybridized carbons (Fsp3) is 0.350. The van der Waals surface area contributed by atoms with E-state index in [1.165, 1.54) is 0 Å². The summed E-state index contributed by atoms with van der Waals surface area (Å²) in [6.45, 7) is 1.65. The van der Waals surface area contributed by atoms with Crippen LogP contribution in [0, 0.1) is 0 Å². The lowest BCUT2D eigenvalue weighted by Crippen LogP contribution is -2.35. The molecule has 0 heterocycles. The molecule has 2 aromatic carbocycles. The van der Waals surface area contributed by atoms with E-state index in [0.717, 1.165) is 22.0 Å². The Bertz CT molecular complexity index is 737. The molecular weight excluding hydrogens is 396 g/mol. The third-order valence-electron chi connectivity index (χ3n) is 4.00. The Balaban J connectivity index is 1.77. The van der Waals surface area contributed by atoms with Crippen molar-refractivity contribution >= 4 is 21.8 Å². The van der Waals surface area contributed by atoms with Crippen molar-refractivity contribution < 1.29 is 14.3 Å². The predicted molar refractivity (Wildman–Crippen MR) is 107 cm³/mol. The number of benzene rings is 2. The summed E-state index contributed by atoms with van der Waals surface area (Å²) in [5.41, 5.74) is 2.25. The van der Waals surface area contributed by atoms with Gasteiger partial charge in [0.2, 0.25) is 5.91 Å². The third kappa shape index (κ3) is 6.04. The highest BCUT2D eigenvalue weighted by molar-refractivity contribution is 9.10. The Morgan fingerprint density at radius 2 is 1.85 bits per heavy atom. The van der Waals surface area contributed by atoms with Crippen LogP contribution in [-0.4, -0.2) is 45.2 Å². The normalized spacial score (nSPS) is 10.7. The number of hydrogen-bond acceptors (Lipinski definition) is 4. The van der Waals surface area contributed by atoms with E-state index in [4.69, 9.17) is 9.47 Å². The second-order valence-electron chi connectivity index (χ2n) is 6.05. The molecule has 0 aromatic heterocycles. The topological polar surface area (TPSA) is 50.8 Å². The number of amides is 1. The molecule has 0 bridgehead atoms. The summed E-state index contributed by atoms with van der Waals surface area (Å²) >= 11 is 3.53. The van der Waals surface area contributed by atoms with E-state index in [2.05, 4.69) is 27.3 Å². The van der Waals surface area contributed by atoms with Gasteiger partial charge in [0.05, 0.1) is 20.8 Å². The van der Waals surface area contributed by atoms with Crippen molar-refractivity contribution in [3.63, 3.8) is 0 Å². The summed E-state index contributed by atoms with van der Waals surface area (Å²) in [5.74, 6) is 1.42. The summed E-state index contributed by atoms with van der Waals surface area (Å²) in [7, 11) is 5.17. The molecule has 140 valence electrons. The minimum absolute atomic E-state index is 0.0139. The molecule has 0 aliphatic carbocycles. The van der Waals surface area contributed by atoms with Crippen molar-refractivity contribution in [3.05, 3.63) is 58.1 Å². The molecule has 0 atom stereocenters. The number of methoxy groups -OCH3 is 2. The van der Waals surface area contributed by atoms with Gasteiger partial charge in [-0.1, -0.05) is 40.2 Å². The molecule has 5 nitrogen and oxygen atoms in total. The van der Waals surface area contributed by atoms with E-state index in [1.807, 2.05) is 48.3 Å². The Kier molecular flexibility index (Phi) is 7.94. The maximum atomic E-state index is 12.1. The zero-order valence-corrected chi connectivity index (χ0v) is 17.0. The van der Waals surface area contributed by atoms with Gasteiger partial charge in [-0.3, -0.25) is 9.69 Å². The van der Waals surface area contributed by atoms with Gasteiger partial charge >= 0.3 is 0 Å². The van der Waals surface area contributed by atoms with Crippen molar-refractivity contribution in [2.24, 2.45) is 0 Å². The van der Waals surface area contributed by atoms with Gasteiger partial charge in [0, 0.05) is 17.6 Å². The molecule has 0 fully saturated rings. The van der Waals surface area contributed by atoms with Gasteiger partial charge in [-0.2, -0.15) is 0 Å². The Morgan fingerprint density at radius 3 is 2.54 bits per heavy atom. The van der Waals surface area contributed by atoms with Crippen LogP contribution >= 0.6 is 15.9 Å². The Hall–Kier alpha value is -2.05. The van der Waals surface area contributed by atoms with Gasteiger partial charge in [0.25, 0.3) is 0 Å². The lowest BCUT2D eigenvalue weighted by atomic mass is 10.1. The van der Waals surface area contributed by atoms with Crippen molar-refractivity contribution in [1.29, 1.82) is 0 Å². The Labute approximate surface area is 163 Å². The van der Waals surface area contributed by atoms with Crippen molar-refractivity contribution in [2.75, 3.05) is 34.4 Å². The van der Waals surface area contributed by atoms with E-state index in [0.29, 0.717) is 31.1 Å². The largest absolute Gasteiger partial charge is 0.493 e. The average Bonchev–Trinajstić information content (AvgIpc) is 2.63. The number of nitrogens with zero attached hydrogens (tertiary/aromatic N) is 1. The van der Waals surface area contributed by atoms with Crippen molar-refractivity contribution in [2.45, 2.75) is 13.0 Å². The van der Waals surface area contributed by atoms with Crippen molar-refractivity contribution in [3.8, 4) is 11.5 Å². The van der Waals surface area contributed by atoms with Gasteiger partial charge in [-0.05, 0) is 42.8 Å². The zero-order chi connectivity index (χ0) is 18.9. The predicted octanol–water partition coefficient (Wildman–Crippen LogP) is 3.26. The summed E-state index contributed by atoms with van der Waals surface area (Å²) in [6.07, 6.45) is 0.736. The van der Waals surface area contributed by atoms with Gasteiger partial charge in [-0.15, -0.1) is 0 Å². The monoisotopic (exact) mass is 420 g/mol. The van der Waals surface area contributed by atoms with E-state index in [1.54, 1.807) is 14.2 Å². The zero-order valence-electron chi connectivity index (χ0n) is 15.4. The highest BCUT2D eigenvalue weighted by atomic mass is 79.9. The molecule has 1 N–H and O–H groups in total. The number of carbonyl (C=O) groups excluding carboxylic acids is 1. The molecule has 26 heavy (non-hydrogen) atoms. The first-order valence-corrected chi connectivity index (χ1v) is 9.22. The van der Waals surface area contributed by atoms with Crippen LogP contribution in [0.5, 0.6) is 11.5 Å². The van der Waals surface area contributed by atoms with E-state index in [9.17, 15) is 4.79 Å². The van der Waals surface area contributed by atoms with Crippen LogP contribution in [0.1, 0.15) is 11.1 Å². The molecule has 6 heteroatoms. The summed E-state index contributed by atoms with van der Waals surface area (Å²) in [6, 6.07) is 13.8. The first-order chi connectivity index (χ1) is 12.5. The molecule has 0 spiro atoms. The summed E-state index contributed by atoms with van der Waals surface area (Å²) in [4.78, 5) is 14.1. The molecule has 2 rings (SSSR count). The lowest BCUT2D eigenvalue weighted by Gasteiger charge is -2.17. The van der Waals surface area contributed by atoms with Crippen LogP contribution in [0.25, 0.3) is 0 Å². The Morgan fingerprint density at radius 1 is 1.12 bits per heavy atom. The fourth-order valence-corrected chi connectivity index (χ4v) is 3.07. The molecule has 0 unspecified atom stereocenters. The van der Waals surface area contributed by atoms with Crippen LogP contribution < -0.4 is 14.8 Å². The number of nitrogens with one attached hydrogen (secondary N) is 1. The minimum Gasteiger partial charge on any atom is -0.493 e. The smallest absolute Gasteiger partial charge is 0.234 e. The van der Waals surface area contributed by atoms with Crippen LogP contribution in [0.3, 0.4) is 0 Å². The maximum Gasteiger partial charge on any atom is 0.234 e. The number of likely N-dealkylation sites (N-methyl/N-ethyl adjacent to an activating group) is 1. The van der Waals surface area contributed by atoms with E-state index >= 15 is 0 Å². The summed E-state index contributed by atoms with van der Waals surface area (Å²) < 4.78 is 11.6. The lowest BCUT2D eigenvalue weighted by molar-refractivity contribution is -0.122. The van der Waals surface area contributed by atoms with Crippen LogP contribution in [0.2, 0.25) is 0 Å². The second-order valence-corrected chi connectivity index (χ2v) is 6.91. The van der Waals surface area contributed by atoms with Crippen LogP contribution in [-0.2, 0) is 17.8 Å². The molecule has 2 aromatic rings. The summed E-state index contributed by atoms with van der Waals surface area (Å²) in [5, 5.41) is 2.96. The molecule has 0 saturated carbocycles. The maximum absolute atomic E-state index is 12.1. The highest BCUT2D eigenvalue weighted by Crippen LogP contribution is 2.27. The van der Waals surface area contributed by atoms with Gasteiger partial charge in [-0.25, -0.2) is 0 Å².